The van der Waals surface area contributed by atoms with Crippen molar-refractivity contribution >= 4 is 11.9 Å². The van der Waals surface area contributed by atoms with E-state index in [0.29, 0.717) is 19.0 Å². The maximum Gasteiger partial charge on any atom is 0.311 e. The molecule has 4 nitrogen and oxygen atoms in total. The molecule has 0 aromatic heterocycles. The first kappa shape index (κ1) is 23.1. The van der Waals surface area contributed by atoms with E-state index in [1.165, 1.54) is 0 Å². The minimum absolute atomic E-state index is 0.0202. The number of hydrogen-bond donors (Lipinski definition) is 0. The average Bonchev–Trinajstić information content (AvgIpc) is 2.67. The molecule has 1 heterocycles. The Morgan fingerprint density at radius 3 is 1.86 bits per heavy atom. The second-order valence-corrected chi connectivity index (χ2v) is 8.25. The summed E-state index contributed by atoms with van der Waals surface area (Å²) in [6, 6.07) is 0. The number of nitrogens with zero attached hydrogens (tertiary/aromatic N) is 1. The Morgan fingerprint density at radius 2 is 1.38 bits per heavy atom. The van der Waals surface area contributed by atoms with Crippen molar-refractivity contribution in [1.29, 1.82) is 0 Å². The molecule has 0 bridgehead atoms. The molecule has 162 valence electrons. The van der Waals surface area contributed by atoms with Gasteiger partial charge < -0.3 is 9.64 Å². The van der Waals surface area contributed by atoms with Crippen molar-refractivity contribution in [3.8, 4) is 5.75 Å². The van der Waals surface area contributed by atoms with E-state index >= 15 is 0 Å². The van der Waals surface area contributed by atoms with Crippen LogP contribution in [0.1, 0.15) is 52.9 Å². The van der Waals surface area contributed by atoms with Gasteiger partial charge in [0.15, 0.2) is 0 Å². The van der Waals surface area contributed by atoms with Crippen LogP contribution in [0, 0.1) is 40.4 Å². The Hall–Kier alpha value is -2.19. The van der Waals surface area contributed by atoms with E-state index in [-0.39, 0.29) is 24.2 Å². The number of hydrogen-bond acceptors (Lipinski definition) is 3. The van der Waals surface area contributed by atoms with Crippen LogP contribution in [0.3, 0.4) is 0 Å². The molecule has 1 aromatic rings. The summed E-state index contributed by atoms with van der Waals surface area (Å²) >= 11 is 0. The lowest BCUT2D eigenvalue weighted by molar-refractivity contribution is -0.135. The predicted octanol–water partition coefficient (Wildman–Crippen LogP) is 4.74. The van der Waals surface area contributed by atoms with Gasteiger partial charge in [-0.3, -0.25) is 9.59 Å². The zero-order valence-electron chi connectivity index (χ0n) is 16.6. The number of ether oxygens (including phenoxy) is 1. The average molecular weight is 421 g/mol. The van der Waals surface area contributed by atoms with Crippen molar-refractivity contribution in [3.05, 3.63) is 29.1 Å². The highest BCUT2D eigenvalue weighted by Crippen LogP contribution is 2.34. The fraction of sp³-hybridized carbons (Fsp3) is 0.600. The molecule has 0 spiro atoms. The first-order valence-electron chi connectivity index (χ1n) is 9.43. The van der Waals surface area contributed by atoms with Crippen LogP contribution in [0.4, 0.5) is 22.0 Å². The second-order valence-electron chi connectivity index (χ2n) is 8.25. The smallest absolute Gasteiger partial charge is 0.311 e. The number of amides is 1. The van der Waals surface area contributed by atoms with Crippen LogP contribution in [0.5, 0.6) is 5.75 Å². The molecule has 0 saturated carbocycles. The Morgan fingerprint density at radius 1 is 0.897 bits per heavy atom. The number of esters is 1. The molecule has 2 rings (SSSR count). The van der Waals surface area contributed by atoms with E-state index in [0.717, 1.165) is 12.8 Å². The number of halogens is 5. The topological polar surface area (TPSA) is 46.6 Å². The van der Waals surface area contributed by atoms with Gasteiger partial charge in [0.2, 0.25) is 40.7 Å². The molecule has 1 fully saturated rings. The van der Waals surface area contributed by atoms with Gasteiger partial charge in [0.05, 0.1) is 0 Å². The second kappa shape index (κ2) is 9.09. The van der Waals surface area contributed by atoms with Gasteiger partial charge in [-0.15, -0.1) is 0 Å². The Labute approximate surface area is 166 Å². The van der Waals surface area contributed by atoms with Gasteiger partial charge in [-0.2, -0.15) is 8.78 Å². The van der Waals surface area contributed by atoms with Crippen molar-refractivity contribution < 1.29 is 36.3 Å². The highest BCUT2D eigenvalue weighted by molar-refractivity contribution is 5.77. The summed E-state index contributed by atoms with van der Waals surface area (Å²) in [4.78, 5) is 25.7. The first-order valence-corrected chi connectivity index (χ1v) is 9.43. The van der Waals surface area contributed by atoms with Crippen molar-refractivity contribution in [3.63, 3.8) is 0 Å². The fourth-order valence-electron chi connectivity index (χ4n) is 3.38. The largest absolute Gasteiger partial charge is 0.420 e. The van der Waals surface area contributed by atoms with Crippen LogP contribution in [-0.4, -0.2) is 29.9 Å². The normalized spacial score (nSPS) is 15.5. The van der Waals surface area contributed by atoms with Crippen molar-refractivity contribution in [2.24, 2.45) is 11.3 Å². The molecule has 1 aromatic carbocycles. The third-order valence-electron chi connectivity index (χ3n) is 5.23. The van der Waals surface area contributed by atoms with Gasteiger partial charge in [-0.05, 0) is 30.6 Å². The van der Waals surface area contributed by atoms with Gasteiger partial charge in [-0.1, -0.05) is 20.8 Å². The lowest BCUT2D eigenvalue weighted by Gasteiger charge is -2.38. The number of rotatable bonds is 5. The highest BCUT2D eigenvalue weighted by Gasteiger charge is 2.31. The minimum Gasteiger partial charge on any atom is -0.420 e. The molecule has 0 unspecified atom stereocenters. The van der Waals surface area contributed by atoms with E-state index in [1.807, 2.05) is 0 Å². The van der Waals surface area contributed by atoms with E-state index in [2.05, 4.69) is 25.5 Å². The summed E-state index contributed by atoms with van der Waals surface area (Å²) in [7, 11) is 0. The summed E-state index contributed by atoms with van der Waals surface area (Å²) < 4.78 is 70.5. The molecular formula is C20H24F5NO3. The Balaban J connectivity index is 1.83. The van der Waals surface area contributed by atoms with Crippen molar-refractivity contribution in [2.75, 3.05) is 13.1 Å². The molecule has 1 amide bonds. The number of carbonyl (C=O) groups is 2. The maximum absolute atomic E-state index is 13.5. The Bertz CT molecular complexity index is 754. The molecule has 29 heavy (non-hydrogen) atoms. The molecule has 0 atom stereocenters. The van der Waals surface area contributed by atoms with Crippen molar-refractivity contribution in [1.82, 2.24) is 4.90 Å². The van der Waals surface area contributed by atoms with Crippen LogP contribution in [-0.2, 0) is 9.59 Å². The van der Waals surface area contributed by atoms with Gasteiger partial charge in [-0.25, -0.2) is 13.2 Å². The summed E-state index contributed by atoms with van der Waals surface area (Å²) in [6.45, 7) is 7.72. The lowest BCUT2D eigenvalue weighted by atomic mass is 9.75. The molecule has 1 aliphatic heterocycles. The summed E-state index contributed by atoms with van der Waals surface area (Å²) in [5, 5.41) is 0. The molecule has 9 heteroatoms. The summed E-state index contributed by atoms with van der Waals surface area (Å²) in [5.41, 5.74) is 0.169. The van der Waals surface area contributed by atoms with Crippen LogP contribution in [0.2, 0.25) is 0 Å². The van der Waals surface area contributed by atoms with E-state index < -0.39 is 47.2 Å². The maximum atomic E-state index is 13.5. The van der Waals surface area contributed by atoms with Crippen LogP contribution in [0.25, 0.3) is 0 Å². The number of piperidine rings is 1. The molecule has 1 aliphatic rings. The third-order valence-corrected chi connectivity index (χ3v) is 5.23. The zero-order valence-corrected chi connectivity index (χ0v) is 16.6. The predicted molar refractivity (Wildman–Crippen MR) is 94.5 cm³/mol. The Kier molecular flexibility index (Phi) is 7.24. The van der Waals surface area contributed by atoms with Gasteiger partial charge >= 0.3 is 5.97 Å². The standard InChI is InChI=1S/C20H24F5NO3/c1-20(2,3)11-7-9-26(10-8-11)12(27)5-4-6-13(28)29-19-17(24)15(22)14(21)16(23)18(19)25/h11H,4-10H2,1-3H3. The minimum atomic E-state index is -2.33. The van der Waals surface area contributed by atoms with Crippen LogP contribution >= 0.6 is 0 Å². The molecule has 1 saturated heterocycles. The molecular weight excluding hydrogens is 397 g/mol. The zero-order chi connectivity index (χ0) is 21.9. The van der Waals surface area contributed by atoms with E-state index in [4.69, 9.17) is 0 Å². The quantitative estimate of drug-likeness (QED) is 0.227. The van der Waals surface area contributed by atoms with Crippen LogP contribution < -0.4 is 4.74 Å². The lowest BCUT2D eigenvalue weighted by Crippen LogP contribution is -2.41. The third kappa shape index (κ3) is 5.45. The van der Waals surface area contributed by atoms with Gasteiger partial charge in [0.25, 0.3) is 0 Å². The molecule has 0 N–H and O–H groups in total. The number of likely N-dealkylation sites (tertiary alicyclic amines) is 1. The van der Waals surface area contributed by atoms with Crippen LogP contribution in [0.15, 0.2) is 0 Å². The number of benzene rings is 1. The van der Waals surface area contributed by atoms with E-state index in [1.54, 1.807) is 4.90 Å². The van der Waals surface area contributed by atoms with Crippen molar-refractivity contribution in [2.45, 2.75) is 52.9 Å². The van der Waals surface area contributed by atoms with Gasteiger partial charge in [0.1, 0.15) is 0 Å². The monoisotopic (exact) mass is 421 g/mol. The van der Waals surface area contributed by atoms with E-state index in [9.17, 15) is 31.5 Å². The SMILES string of the molecule is CC(C)(C)C1CCN(C(=O)CCCC(=O)Oc2c(F)c(F)c(F)c(F)c2F)CC1. The molecule has 0 radical (unpaired) electrons. The summed E-state index contributed by atoms with van der Waals surface area (Å²) in [5.74, 6) is -13.6. The fourth-order valence-corrected chi connectivity index (χ4v) is 3.38. The first-order chi connectivity index (χ1) is 13.4. The van der Waals surface area contributed by atoms with Gasteiger partial charge in [0, 0.05) is 25.9 Å². The molecule has 0 aliphatic carbocycles. The number of carbonyl (C=O) groups excluding carboxylic acids is 2. The summed E-state index contributed by atoms with van der Waals surface area (Å²) in [6.07, 6.45) is 1.43. The highest BCUT2D eigenvalue weighted by atomic mass is 19.2.